The summed E-state index contributed by atoms with van der Waals surface area (Å²) in [4.78, 5) is 24.1. The average Bonchev–Trinajstić information content (AvgIpc) is 2.78. The number of hydrogen-bond donors (Lipinski definition) is 3. The van der Waals surface area contributed by atoms with Gasteiger partial charge in [0.1, 0.15) is 11.6 Å². The lowest BCUT2D eigenvalue weighted by molar-refractivity contribution is -0.127. The molecule has 3 aromatic rings. The molecule has 0 aliphatic carbocycles. The van der Waals surface area contributed by atoms with E-state index in [1.165, 1.54) is 23.8 Å². The standard InChI is InChI=1S/C25H26FN3O3/c1-17(23(30)28-29-24(31)27-21-11-7-10-20(26)16-21)32-22-14-12-19(13-15-22)25(2,3)18-8-5-4-6-9-18/h4-17H,1-3H3,(H,28,30)(H2,27,29,31). The Morgan fingerprint density at radius 3 is 2.19 bits per heavy atom. The number of hydrazine groups is 1. The lowest BCUT2D eigenvalue weighted by atomic mass is 9.78. The topological polar surface area (TPSA) is 79.5 Å². The van der Waals surface area contributed by atoms with E-state index in [4.69, 9.17) is 4.74 Å². The van der Waals surface area contributed by atoms with Crippen LogP contribution in [0.4, 0.5) is 14.9 Å². The van der Waals surface area contributed by atoms with Gasteiger partial charge < -0.3 is 10.1 Å². The first-order valence-corrected chi connectivity index (χ1v) is 10.2. The molecule has 0 spiro atoms. The third kappa shape index (κ3) is 5.85. The van der Waals surface area contributed by atoms with Crippen LogP contribution in [0.25, 0.3) is 0 Å². The number of carbonyl (C=O) groups excluding carboxylic acids is 2. The highest BCUT2D eigenvalue weighted by atomic mass is 19.1. The van der Waals surface area contributed by atoms with Crippen molar-refractivity contribution in [3.8, 4) is 5.75 Å². The van der Waals surface area contributed by atoms with E-state index in [2.05, 4.69) is 42.1 Å². The fourth-order valence-corrected chi connectivity index (χ4v) is 3.18. The normalized spacial score (nSPS) is 11.9. The summed E-state index contributed by atoms with van der Waals surface area (Å²) < 4.78 is 18.8. The summed E-state index contributed by atoms with van der Waals surface area (Å²) in [6.45, 7) is 5.87. The minimum atomic E-state index is -0.850. The van der Waals surface area contributed by atoms with Crippen LogP contribution in [-0.2, 0) is 10.2 Å². The lowest BCUT2D eigenvalue weighted by Crippen LogP contribution is -2.48. The van der Waals surface area contributed by atoms with Crippen LogP contribution in [0.15, 0.2) is 78.9 Å². The van der Waals surface area contributed by atoms with Crippen molar-refractivity contribution in [1.82, 2.24) is 10.9 Å². The summed E-state index contributed by atoms with van der Waals surface area (Å²) in [5.41, 5.74) is 6.88. The summed E-state index contributed by atoms with van der Waals surface area (Å²) in [5, 5.41) is 2.41. The number of nitrogens with one attached hydrogen (secondary N) is 3. The maximum Gasteiger partial charge on any atom is 0.337 e. The number of benzene rings is 3. The van der Waals surface area contributed by atoms with Gasteiger partial charge in [-0.1, -0.05) is 62.4 Å². The highest BCUT2D eigenvalue weighted by Crippen LogP contribution is 2.32. The molecule has 3 N–H and O–H groups in total. The molecule has 0 radical (unpaired) electrons. The van der Waals surface area contributed by atoms with Gasteiger partial charge >= 0.3 is 6.03 Å². The molecular formula is C25H26FN3O3. The molecule has 1 atom stereocenters. The predicted molar refractivity (Wildman–Crippen MR) is 122 cm³/mol. The molecule has 3 aromatic carbocycles. The van der Waals surface area contributed by atoms with Crippen molar-refractivity contribution >= 4 is 17.6 Å². The molecule has 6 nitrogen and oxygen atoms in total. The molecule has 0 aliphatic heterocycles. The van der Waals surface area contributed by atoms with Gasteiger partial charge in [-0.05, 0) is 48.4 Å². The maximum absolute atomic E-state index is 13.2. The smallest absolute Gasteiger partial charge is 0.337 e. The highest BCUT2D eigenvalue weighted by molar-refractivity contribution is 5.91. The Hall–Kier alpha value is -3.87. The monoisotopic (exact) mass is 435 g/mol. The zero-order valence-electron chi connectivity index (χ0n) is 18.2. The molecule has 0 saturated heterocycles. The second kappa shape index (κ2) is 9.96. The highest BCUT2D eigenvalue weighted by Gasteiger charge is 2.23. The van der Waals surface area contributed by atoms with Gasteiger partial charge in [0.05, 0.1) is 0 Å². The van der Waals surface area contributed by atoms with Gasteiger partial charge in [-0.2, -0.15) is 0 Å². The minimum absolute atomic E-state index is 0.179. The van der Waals surface area contributed by atoms with Crippen LogP contribution in [0.1, 0.15) is 31.9 Å². The average molecular weight is 435 g/mol. The summed E-state index contributed by atoms with van der Waals surface area (Å²) in [6.07, 6.45) is -0.850. The van der Waals surface area contributed by atoms with Crippen molar-refractivity contribution in [2.75, 3.05) is 5.32 Å². The fourth-order valence-electron chi connectivity index (χ4n) is 3.18. The molecule has 7 heteroatoms. The summed E-state index contributed by atoms with van der Waals surface area (Å²) in [7, 11) is 0. The molecule has 3 amide bonds. The van der Waals surface area contributed by atoms with Gasteiger partial charge in [0.25, 0.3) is 5.91 Å². The number of amides is 3. The second-order valence-electron chi connectivity index (χ2n) is 7.85. The van der Waals surface area contributed by atoms with Crippen LogP contribution in [0, 0.1) is 5.82 Å². The van der Waals surface area contributed by atoms with E-state index in [1.807, 2.05) is 42.5 Å². The van der Waals surface area contributed by atoms with E-state index < -0.39 is 23.9 Å². The first kappa shape index (κ1) is 22.8. The molecule has 0 heterocycles. The molecule has 0 fully saturated rings. The Morgan fingerprint density at radius 1 is 0.875 bits per heavy atom. The van der Waals surface area contributed by atoms with E-state index in [-0.39, 0.29) is 11.1 Å². The first-order valence-electron chi connectivity index (χ1n) is 10.2. The van der Waals surface area contributed by atoms with Crippen molar-refractivity contribution in [2.45, 2.75) is 32.3 Å². The molecule has 0 saturated carbocycles. The number of halogens is 1. The van der Waals surface area contributed by atoms with Crippen LogP contribution >= 0.6 is 0 Å². The van der Waals surface area contributed by atoms with Crippen molar-refractivity contribution in [1.29, 1.82) is 0 Å². The maximum atomic E-state index is 13.2. The quantitative estimate of drug-likeness (QED) is 0.488. The number of hydrogen-bond acceptors (Lipinski definition) is 3. The van der Waals surface area contributed by atoms with E-state index in [9.17, 15) is 14.0 Å². The molecule has 0 aromatic heterocycles. The molecule has 166 valence electrons. The zero-order valence-corrected chi connectivity index (χ0v) is 18.2. The first-order chi connectivity index (χ1) is 15.3. The van der Waals surface area contributed by atoms with Crippen LogP contribution in [0.5, 0.6) is 5.75 Å². The Balaban J connectivity index is 1.52. The van der Waals surface area contributed by atoms with Gasteiger partial charge in [0.15, 0.2) is 6.10 Å². The Labute approximate surface area is 186 Å². The summed E-state index contributed by atoms with van der Waals surface area (Å²) in [6, 6.07) is 22.5. The van der Waals surface area contributed by atoms with Crippen LogP contribution in [0.3, 0.4) is 0 Å². The summed E-state index contributed by atoms with van der Waals surface area (Å²) >= 11 is 0. The van der Waals surface area contributed by atoms with Crippen LogP contribution in [0.2, 0.25) is 0 Å². The van der Waals surface area contributed by atoms with Gasteiger partial charge in [0.2, 0.25) is 0 Å². The van der Waals surface area contributed by atoms with Crippen molar-refractivity contribution in [3.63, 3.8) is 0 Å². The molecule has 0 bridgehead atoms. The number of rotatable bonds is 6. The Bertz CT molecular complexity index is 1070. The zero-order chi connectivity index (χ0) is 23.1. The van der Waals surface area contributed by atoms with E-state index in [0.717, 1.165) is 11.6 Å². The molecule has 0 aliphatic rings. The van der Waals surface area contributed by atoms with Gasteiger partial charge in [-0.25, -0.2) is 14.6 Å². The largest absolute Gasteiger partial charge is 0.481 e. The molecule has 1 unspecified atom stereocenters. The van der Waals surface area contributed by atoms with Crippen molar-refractivity contribution < 1.29 is 18.7 Å². The number of carbonyl (C=O) groups is 2. The van der Waals surface area contributed by atoms with E-state index in [0.29, 0.717) is 5.75 Å². The van der Waals surface area contributed by atoms with Gasteiger partial charge in [-0.15, -0.1) is 0 Å². The fraction of sp³-hybridized carbons (Fsp3) is 0.200. The lowest BCUT2D eigenvalue weighted by Gasteiger charge is -2.26. The molecule has 3 rings (SSSR count). The Morgan fingerprint density at radius 2 is 1.53 bits per heavy atom. The van der Waals surface area contributed by atoms with E-state index >= 15 is 0 Å². The SMILES string of the molecule is CC(Oc1ccc(C(C)(C)c2ccccc2)cc1)C(=O)NNC(=O)Nc1cccc(F)c1. The van der Waals surface area contributed by atoms with Gasteiger partial charge in [-0.3, -0.25) is 10.2 Å². The number of anilines is 1. The molecular weight excluding hydrogens is 409 g/mol. The van der Waals surface area contributed by atoms with E-state index in [1.54, 1.807) is 6.92 Å². The number of ether oxygens (including phenoxy) is 1. The van der Waals surface area contributed by atoms with Crippen molar-refractivity contribution in [3.05, 3.63) is 95.8 Å². The van der Waals surface area contributed by atoms with Gasteiger partial charge in [0, 0.05) is 11.1 Å². The van der Waals surface area contributed by atoms with Crippen LogP contribution in [-0.4, -0.2) is 18.0 Å². The van der Waals surface area contributed by atoms with Crippen LogP contribution < -0.4 is 20.9 Å². The van der Waals surface area contributed by atoms with Crippen molar-refractivity contribution in [2.24, 2.45) is 0 Å². The molecule has 32 heavy (non-hydrogen) atoms. The number of urea groups is 1. The predicted octanol–water partition coefficient (Wildman–Crippen LogP) is 4.77. The minimum Gasteiger partial charge on any atom is -0.481 e. The third-order valence-corrected chi connectivity index (χ3v) is 5.14. The summed E-state index contributed by atoms with van der Waals surface area (Å²) in [5.74, 6) is -0.482. The second-order valence-corrected chi connectivity index (χ2v) is 7.85. The third-order valence-electron chi connectivity index (χ3n) is 5.14. The Kier molecular flexibility index (Phi) is 7.10.